The van der Waals surface area contributed by atoms with Crippen molar-refractivity contribution in [3.05, 3.63) is 50.8 Å². The van der Waals surface area contributed by atoms with Crippen molar-refractivity contribution in [3.8, 4) is 11.6 Å². The number of aromatic nitrogens is 1. The molecule has 6 heteroatoms. The minimum absolute atomic E-state index is 0.175. The number of rotatable bonds is 2. The van der Waals surface area contributed by atoms with Crippen molar-refractivity contribution in [1.82, 2.24) is 4.98 Å². The van der Waals surface area contributed by atoms with Crippen LogP contribution in [0, 0.1) is 5.82 Å². The first-order chi connectivity index (χ1) is 8.06. The molecule has 17 heavy (non-hydrogen) atoms. The van der Waals surface area contributed by atoms with Gasteiger partial charge in [-0.05, 0) is 40.2 Å². The van der Waals surface area contributed by atoms with E-state index >= 15 is 0 Å². The van der Waals surface area contributed by atoms with E-state index < -0.39 is 5.82 Å². The van der Waals surface area contributed by atoms with Gasteiger partial charge in [-0.3, -0.25) is 0 Å². The molecule has 1 heterocycles. The molecule has 1 aromatic heterocycles. The molecule has 0 unspecified atom stereocenters. The van der Waals surface area contributed by atoms with Crippen LogP contribution in [0.3, 0.4) is 0 Å². The fourth-order valence-corrected chi connectivity index (χ4v) is 2.06. The number of pyridine rings is 1. The zero-order valence-corrected chi connectivity index (χ0v) is 11.4. The molecule has 0 radical (unpaired) electrons. The maximum Gasteiger partial charge on any atom is 0.233 e. The summed E-state index contributed by atoms with van der Waals surface area (Å²) in [4.78, 5) is 3.98. The van der Waals surface area contributed by atoms with Crippen molar-refractivity contribution >= 4 is 39.1 Å². The van der Waals surface area contributed by atoms with E-state index in [-0.39, 0.29) is 5.02 Å². The molecular formula is C11H5BrCl2FNO. The van der Waals surface area contributed by atoms with Gasteiger partial charge in [0.2, 0.25) is 5.88 Å². The Morgan fingerprint density at radius 1 is 1.24 bits per heavy atom. The molecule has 0 aliphatic heterocycles. The van der Waals surface area contributed by atoms with Crippen LogP contribution in [-0.2, 0) is 0 Å². The van der Waals surface area contributed by atoms with E-state index in [4.69, 9.17) is 27.9 Å². The second-order valence-electron chi connectivity index (χ2n) is 3.12. The predicted molar refractivity (Wildman–Crippen MR) is 68.4 cm³/mol. The van der Waals surface area contributed by atoms with Gasteiger partial charge in [0.1, 0.15) is 11.6 Å². The largest absolute Gasteiger partial charge is 0.436 e. The van der Waals surface area contributed by atoms with Crippen molar-refractivity contribution in [1.29, 1.82) is 0 Å². The Morgan fingerprint density at radius 3 is 2.65 bits per heavy atom. The van der Waals surface area contributed by atoms with Crippen LogP contribution >= 0.6 is 39.1 Å². The Labute approximate surface area is 115 Å². The lowest BCUT2D eigenvalue weighted by molar-refractivity contribution is 0.458. The zero-order chi connectivity index (χ0) is 12.4. The first-order valence-corrected chi connectivity index (χ1v) is 6.05. The Morgan fingerprint density at radius 2 is 2.00 bits per heavy atom. The molecule has 0 bridgehead atoms. The Kier molecular flexibility index (Phi) is 3.86. The number of ether oxygens (including phenoxy) is 1. The molecule has 1 aromatic carbocycles. The first-order valence-electron chi connectivity index (χ1n) is 4.50. The number of hydrogen-bond acceptors (Lipinski definition) is 2. The molecule has 88 valence electrons. The van der Waals surface area contributed by atoms with Crippen molar-refractivity contribution in [2.24, 2.45) is 0 Å². The molecule has 0 aliphatic carbocycles. The van der Waals surface area contributed by atoms with Crippen LogP contribution < -0.4 is 4.74 Å². The van der Waals surface area contributed by atoms with Crippen molar-refractivity contribution in [3.63, 3.8) is 0 Å². The Hall–Kier alpha value is -0.840. The standard InChI is InChI=1S/C11H5BrCl2FNO/c12-8-3-6(13)5-16-11(8)17-10-2-1-7(15)4-9(10)14/h1-5H. The molecule has 0 saturated heterocycles. The summed E-state index contributed by atoms with van der Waals surface area (Å²) in [5.74, 6) is 0.206. The smallest absolute Gasteiger partial charge is 0.233 e. The molecule has 0 atom stereocenters. The molecule has 2 rings (SSSR count). The molecule has 2 aromatic rings. The van der Waals surface area contributed by atoms with Gasteiger partial charge in [-0.1, -0.05) is 23.2 Å². The first kappa shape index (κ1) is 12.6. The number of nitrogens with zero attached hydrogens (tertiary/aromatic N) is 1. The van der Waals surface area contributed by atoms with Gasteiger partial charge in [0.05, 0.1) is 14.5 Å². The van der Waals surface area contributed by atoms with Crippen LogP contribution in [0.5, 0.6) is 11.6 Å². The van der Waals surface area contributed by atoms with E-state index in [1.165, 1.54) is 24.4 Å². The highest BCUT2D eigenvalue weighted by molar-refractivity contribution is 9.10. The third-order valence-corrected chi connectivity index (χ3v) is 2.94. The number of halogens is 4. The summed E-state index contributed by atoms with van der Waals surface area (Å²) >= 11 is 14.8. The van der Waals surface area contributed by atoms with Crippen molar-refractivity contribution in [2.45, 2.75) is 0 Å². The lowest BCUT2D eigenvalue weighted by Crippen LogP contribution is -1.90. The molecule has 0 saturated carbocycles. The van der Waals surface area contributed by atoms with E-state index in [9.17, 15) is 4.39 Å². The van der Waals surface area contributed by atoms with Gasteiger partial charge in [0, 0.05) is 6.20 Å². The molecule has 0 amide bonds. The van der Waals surface area contributed by atoms with Crippen molar-refractivity contribution in [2.75, 3.05) is 0 Å². The topological polar surface area (TPSA) is 22.1 Å². The normalized spacial score (nSPS) is 10.4. The second-order valence-corrected chi connectivity index (χ2v) is 4.82. The number of benzene rings is 1. The van der Waals surface area contributed by atoms with E-state index in [0.717, 1.165) is 0 Å². The SMILES string of the molecule is Fc1ccc(Oc2ncc(Cl)cc2Br)c(Cl)c1. The van der Waals surface area contributed by atoms with E-state index in [1.54, 1.807) is 6.07 Å². The lowest BCUT2D eigenvalue weighted by Gasteiger charge is -2.08. The zero-order valence-electron chi connectivity index (χ0n) is 8.25. The van der Waals surface area contributed by atoms with Gasteiger partial charge in [0.25, 0.3) is 0 Å². The van der Waals surface area contributed by atoms with E-state index in [0.29, 0.717) is 21.1 Å². The van der Waals surface area contributed by atoms with Gasteiger partial charge in [0.15, 0.2) is 0 Å². The minimum atomic E-state index is -0.425. The summed E-state index contributed by atoms with van der Waals surface area (Å²) in [5, 5.41) is 0.656. The van der Waals surface area contributed by atoms with Crippen LogP contribution in [0.15, 0.2) is 34.9 Å². The van der Waals surface area contributed by atoms with Gasteiger partial charge in [-0.15, -0.1) is 0 Å². The fraction of sp³-hybridized carbons (Fsp3) is 0. The highest BCUT2D eigenvalue weighted by Crippen LogP contribution is 2.33. The highest BCUT2D eigenvalue weighted by Gasteiger charge is 2.08. The molecule has 2 nitrogen and oxygen atoms in total. The van der Waals surface area contributed by atoms with Gasteiger partial charge in [-0.25, -0.2) is 9.37 Å². The Bertz CT molecular complexity index is 516. The maximum atomic E-state index is 12.8. The summed E-state index contributed by atoms with van der Waals surface area (Å²) in [5.41, 5.74) is 0. The average Bonchev–Trinajstić information content (AvgIpc) is 2.25. The third kappa shape index (κ3) is 3.09. The number of hydrogen-bond donors (Lipinski definition) is 0. The van der Waals surface area contributed by atoms with Crippen LogP contribution in [-0.4, -0.2) is 4.98 Å². The molecule has 0 fully saturated rings. The van der Waals surface area contributed by atoms with E-state index in [2.05, 4.69) is 20.9 Å². The third-order valence-electron chi connectivity index (χ3n) is 1.87. The van der Waals surface area contributed by atoms with Crippen LogP contribution in [0.1, 0.15) is 0 Å². The summed E-state index contributed by atoms with van der Waals surface area (Å²) in [6.45, 7) is 0. The van der Waals surface area contributed by atoms with Crippen LogP contribution in [0.25, 0.3) is 0 Å². The average molecular weight is 337 g/mol. The molecule has 0 spiro atoms. The summed E-state index contributed by atoms with van der Waals surface area (Å²) in [7, 11) is 0. The van der Waals surface area contributed by atoms with Crippen LogP contribution in [0.4, 0.5) is 4.39 Å². The van der Waals surface area contributed by atoms with Gasteiger partial charge >= 0.3 is 0 Å². The summed E-state index contributed by atoms with van der Waals surface area (Å²) < 4.78 is 18.9. The Balaban J connectivity index is 2.31. The molecule has 0 aliphatic rings. The van der Waals surface area contributed by atoms with Gasteiger partial charge in [-0.2, -0.15) is 0 Å². The van der Waals surface area contributed by atoms with E-state index in [1.807, 2.05) is 0 Å². The quantitative estimate of drug-likeness (QED) is 0.762. The monoisotopic (exact) mass is 335 g/mol. The van der Waals surface area contributed by atoms with Gasteiger partial charge < -0.3 is 4.74 Å². The molecular weight excluding hydrogens is 332 g/mol. The second kappa shape index (κ2) is 5.21. The van der Waals surface area contributed by atoms with Crippen LogP contribution in [0.2, 0.25) is 10.0 Å². The predicted octanol–water partition coefficient (Wildman–Crippen LogP) is 5.08. The minimum Gasteiger partial charge on any atom is -0.436 e. The highest BCUT2D eigenvalue weighted by atomic mass is 79.9. The van der Waals surface area contributed by atoms with Crippen molar-refractivity contribution < 1.29 is 9.13 Å². The maximum absolute atomic E-state index is 12.8. The fourth-order valence-electron chi connectivity index (χ4n) is 1.14. The lowest BCUT2D eigenvalue weighted by atomic mass is 10.3. The summed E-state index contributed by atoms with van der Waals surface area (Å²) in [6.07, 6.45) is 1.44. The summed E-state index contributed by atoms with van der Waals surface area (Å²) in [6, 6.07) is 5.49. The molecule has 0 N–H and O–H groups in total.